The Morgan fingerprint density at radius 1 is 0.829 bits per heavy atom. The van der Waals surface area contributed by atoms with E-state index in [1.807, 2.05) is 60.7 Å². The summed E-state index contributed by atoms with van der Waals surface area (Å²) in [7, 11) is 0. The van der Waals surface area contributed by atoms with E-state index >= 15 is 0 Å². The van der Waals surface area contributed by atoms with E-state index in [0.717, 1.165) is 11.1 Å². The Labute approximate surface area is 211 Å². The molecule has 0 bridgehead atoms. The Hall–Kier alpha value is -4.24. The number of carbonyl (C=O) groups is 1. The Morgan fingerprint density at radius 2 is 1.51 bits per heavy atom. The number of nitrogens with zero attached hydrogens (tertiary/aromatic N) is 1. The van der Waals surface area contributed by atoms with Gasteiger partial charge in [0.05, 0.1) is 5.02 Å². The molecule has 0 saturated carbocycles. The van der Waals surface area contributed by atoms with Gasteiger partial charge in [0.2, 0.25) is 5.88 Å². The fourth-order valence-corrected chi connectivity index (χ4v) is 4.14. The molecule has 0 radical (unpaired) electrons. The van der Waals surface area contributed by atoms with Crippen LogP contribution in [0.2, 0.25) is 10.0 Å². The summed E-state index contributed by atoms with van der Waals surface area (Å²) in [5.41, 5.74) is 2.95. The summed E-state index contributed by atoms with van der Waals surface area (Å²) in [6, 6.07) is 29.1. The molecule has 0 aliphatic carbocycles. The minimum Gasteiger partial charge on any atom is -0.451 e. The first kappa shape index (κ1) is 22.5. The second kappa shape index (κ2) is 9.55. The number of amides is 1. The van der Waals surface area contributed by atoms with Crippen molar-refractivity contribution in [3.8, 4) is 39.8 Å². The lowest BCUT2D eigenvalue weighted by molar-refractivity contribution is 0.0995. The Bertz CT molecular complexity index is 1570. The first-order valence-corrected chi connectivity index (χ1v) is 11.3. The molecule has 0 fully saturated rings. The fourth-order valence-electron chi connectivity index (χ4n) is 3.75. The quantitative estimate of drug-likeness (QED) is 0.264. The Balaban J connectivity index is 1.53. The van der Waals surface area contributed by atoms with Crippen LogP contribution >= 0.6 is 23.2 Å². The van der Waals surface area contributed by atoms with Crippen molar-refractivity contribution in [2.24, 2.45) is 0 Å². The lowest BCUT2D eigenvalue weighted by Crippen LogP contribution is -2.11. The number of benzene rings is 3. The van der Waals surface area contributed by atoms with Crippen LogP contribution in [0.5, 0.6) is 0 Å². The van der Waals surface area contributed by atoms with Crippen molar-refractivity contribution >= 4 is 35.0 Å². The number of anilines is 1. The smallest absolute Gasteiger partial charge is 0.293 e. The molecule has 2 aromatic heterocycles. The second-order valence-corrected chi connectivity index (χ2v) is 8.44. The molecule has 0 spiro atoms. The fraction of sp³-hybridized carbons (Fsp3) is 0. The van der Waals surface area contributed by atoms with Crippen molar-refractivity contribution < 1.29 is 13.6 Å². The molecule has 7 heteroatoms. The highest BCUT2D eigenvalue weighted by Gasteiger charge is 2.25. The Morgan fingerprint density at radius 3 is 2.20 bits per heavy atom. The van der Waals surface area contributed by atoms with Gasteiger partial charge in [-0.25, -0.2) is 0 Å². The first-order chi connectivity index (χ1) is 17.0. The lowest BCUT2D eigenvalue weighted by Gasteiger charge is -2.03. The molecule has 0 aliphatic heterocycles. The van der Waals surface area contributed by atoms with Gasteiger partial charge in [0, 0.05) is 21.7 Å². The van der Waals surface area contributed by atoms with Gasteiger partial charge in [-0.05, 0) is 35.9 Å². The van der Waals surface area contributed by atoms with Crippen molar-refractivity contribution in [2.75, 3.05) is 5.32 Å². The summed E-state index contributed by atoms with van der Waals surface area (Å²) < 4.78 is 11.8. The van der Waals surface area contributed by atoms with Gasteiger partial charge in [-0.2, -0.15) is 5.26 Å². The van der Waals surface area contributed by atoms with E-state index in [1.165, 1.54) is 6.07 Å². The molecule has 5 nitrogen and oxygen atoms in total. The van der Waals surface area contributed by atoms with Crippen LogP contribution < -0.4 is 5.32 Å². The standard InChI is InChI=1S/C28H16Cl2N2O3/c29-19-11-12-22(30)20(15-19)23-13-14-24(34-23)27(33)32-28-21(16-31)25(17-7-3-1-4-8-17)26(35-28)18-9-5-2-6-10-18/h1-15H,(H,32,33). The minimum absolute atomic E-state index is 0.0267. The van der Waals surface area contributed by atoms with Crippen LogP contribution in [-0.2, 0) is 0 Å². The number of hydrogen-bond acceptors (Lipinski definition) is 4. The largest absolute Gasteiger partial charge is 0.451 e. The molecule has 35 heavy (non-hydrogen) atoms. The van der Waals surface area contributed by atoms with Crippen LogP contribution in [0.1, 0.15) is 16.1 Å². The van der Waals surface area contributed by atoms with E-state index in [4.69, 9.17) is 32.0 Å². The number of nitriles is 1. The van der Waals surface area contributed by atoms with Gasteiger partial charge in [-0.1, -0.05) is 83.9 Å². The van der Waals surface area contributed by atoms with E-state index in [2.05, 4.69) is 11.4 Å². The molecule has 1 N–H and O–H groups in total. The molecule has 5 rings (SSSR count). The third kappa shape index (κ3) is 4.45. The van der Waals surface area contributed by atoms with Gasteiger partial charge in [-0.3, -0.25) is 10.1 Å². The average Bonchev–Trinajstić information content (AvgIpc) is 3.52. The van der Waals surface area contributed by atoms with E-state index in [0.29, 0.717) is 32.7 Å². The predicted molar refractivity (Wildman–Crippen MR) is 136 cm³/mol. The highest BCUT2D eigenvalue weighted by Crippen LogP contribution is 2.41. The van der Waals surface area contributed by atoms with Gasteiger partial charge >= 0.3 is 0 Å². The van der Waals surface area contributed by atoms with Crippen LogP contribution in [0.25, 0.3) is 33.8 Å². The average molecular weight is 499 g/mol. The third-order valence-corrected chi connectivity index (χ3v) is 5.93. The highest BCUT2D eigenvalue weighted by molar-refractivity contribution is 6.35. The molecular formula is C28H16Cl2N2O3. The predicted octanol–water partition coefficient (Wildman–Crippen LogP) is 8.30. The number of rotatable bonds is 5. The molecule has 0 saturated heterocycles. The molecule has 0 unspecified atom stereocenters. The number of halogens is 2. The lowest BCUT2D eigenvalue weighted by atomic mass is 9.98. The topological polar surface area (TPSA) is 79.2 Å². The van der Waals surface area contributed by atoms with E-state index in [9.17, 15) is 10.1 Å². The van der Waals surface area contributed by atoms with Gasteiger partial charge < -0.3 is 8.83 Å². The monoisotopic (exact) mass is 498 g/mol. The molecule has 5 aromatic rings. The number of furan rings is 2. The van der Waals surface area contributed by atoms with Crippen molar-refractivity contribution in [1.29, 1.82) is 5.26 Å². The SMILES string of the molecule is N#Cc1c(NC(=O)c2ccc(-c3cc(Cl)ccc3Cl)o2)oc(-c2ccccc2)c1-c1ccccc1. The second-order valence-electron chi connectivity index (χ2n) is 7.60. The molecule has 0 aliphatic rings. The van der Waals surface area contributed by atoms with Crippen molar-refractivity contribution in [3.05, 3.63) is 112 Å². The van der Waals surface area contributed by atoms with Crippen molar-refractivity contribution in [1.82, 2.24) is 0 Å². The molecule has 2 heterocycles. The first-order valence-electron chi connectivity index (χ1n) is 10.6. The van der Waals surface area contributed by atoms with Crippen LogP contribution in [0.15, 0.2) is 99.8 Å². The molecule has 0 atom stereocenters. The zero-order valence-corrected chi connectivity index (χ0v) is 19.6. The van der Waals surface area contributed by atoms with Crippen LogP contribution in [0.3, 0.4) is 0 Å². The summed E-state index contributed by atoms with van der Waals surface area (Å²) in [5, 5.41) is 13.6. The summed E-state index contributed by atoms with van der Waals surface area (Å²) >= 11 is 12.3. The zero-order chi connectivity index (χ0) is 24.4. The summed E-state index contributed by atoms with van der Waals surface area (Å²) in [6.07, 6.45) is 0. The number of hydrogen-bond donors (Lipinski definition) is 1. The minimum atomic E-state index is -0.570. The number of carbonyl (C=O) groups excluding carboxylic acids is 1. The van der Waals surface area contributed by atoms with E-state index < -0.39 is 5.91 Å². The van der Waals surface area contributed by atoms with E-state index in [-0.39, 0.29) is 17.2 Å². The molecule has 1 amide bonds. The maximum absolute atomic E-state index is 13.0. The van der Waals surface area contributed by atoms with Gasteiger partial charge in [0.25, 0.3) is 5.91 Å². The normalized spacial score (nSPS) is 10.7. The van der Waals surface area contributed by atoms with Crippen LogP contribution in [-0.4, -0.2) is 5.91 Å². The number of nitrogens with one attached hydrogen (secondary N) is 1. The summed E-state index contributed by atoms with van der Waals surface area (Å²) in [4.78, 5) is 13.0. The van der Waals surface area contributed by atoms with Gasteiger partial charge in [0.15, 0.2) is 5.76 Å². The van der Waals surface area contributed by atoms with E-state index in [1.54, 1.807) is 24.3 Å². The van der Waals surface area contributed by atoms with Crippen LogP contribution in [0.4, 0.5) is 5.88 Å². The molecular weight excluding hydrogens is 483 g/mol. The maximum atomic E-state index is 13.0. The van der Waals surface area contributed by atoms with Crippen molar-refractivity contribution in [2.45, 2.75) is 0 Å². The van der Waals surface area contributed by atoms with Crippen molar-refractivity contribution in [3.63, 3.8) is 0 Å². The zero-order valence-electron chi connectivity index (χ0n) is 18.1. The highest BCUT2D eigenvalue weighted by atomic mass is 35.5. The van der Waals surface area contributed by atoms with Gasteiger partial charge in [-0.15, -0.1) is 0 Å². The Kier molecular flexibility index (Phi) is 6.15. The maximum Gasteiger partial charge on any atom is 0.293 e. The summed E-state index contributed by atoms with van der Waals surface area (Å²) in [5.74, 6) is 0.360. The summed E-state index contributed by atoms with van der Waals surface area (Å²) in [6.45, 7) is 0. The molecule has 170 valence electrons. The van der Waals surface area contributed by atoms with Gasteiger partial charge in [0.1, 0.15) is 23.2 Å². The third-order valence-electron chi connectivity index (χ3n) is 5.37. The molecule has 3 aromatic carbocycles. The van der Waals surface area contributed by atoms with Crippen LogP contribution in [0, 0.1) is 11.3 Å².